The van der Waals surface area contributed by atoms with Gasteiger partial charge in [-0.3, -0.25) is 4.90 Å². The van der Waals surface area contributed by atoms with Gasteiger partial charge in [-0.2, -0.15) is 0 Å². The highest BCUT2D eigenvalue weighted by Crippen LogP contribution is 2.40. The second kappa shape index (κ2) is 4.24. The molecular formula is C11H16ClN3S. The number of aromatic nitrogens is 2. The summed E-state index contributed by atoms with van der Waals surface area (Å²) >= 11 is 7.37. The zero-order valence-corrected chi connectivity index (χ0v) is 11.0. The molecule has 1 unspecified atom stereocenters. The summed E-state index contributed by atoms with van der Waals surface area (Å²) in [5, 5.41) is 4.12. The van der Waals surface area contributed by atoms with Crippen molar-refractivity contribution in [2.75, 3.05) is 0 Å². The van der Waals surface area contributed by atoms with Crippen molar-refractivity contribution >= 4 is 23.1 Å². The average Bonchev–Trinajstić information content (AvgIpc) is 3.14. The van der Waals surface area contributed by atoms with Gasteiger partial charge < -0.3 is 0 Å². The van der Waals surface area contributed by atoms with Crippen LogP contribution in [0.25, 0.3) is 0 Å². The van der Waals surface area contributed by atoms with Gasteiger partial charge >= 0.3 is 0 Å². The van der Waals surface area contributed by atoms with Gasteiger partial charge in [0.25, 0.3) is 0 Å². The SMILES string of the molecule is CC(C1CC1)N(Cc1nnsc1Cl)C1CC1. The Morgan fingerprint density at radius 3 is 2.69 bits per heavy atom. The summed E-state index contributed by atoms with van der Waals surface area (Å²) in [5.41, 5.74) is 0.964. The first-order valence-electron chi connectivity index (χ1n) is 5.98. The smallest absolute Gasteiger partial charge is 0.138 e. The number of halogens is 1. The molecule has 0 saturated heterocycles. The highest BCUT2D eigenvalue weighted by molar-refractivity contribution is 7.10. The molecular weight excluding hydrogens is 242 g/mol. The molecule has 0 aromatic carbocycles. The molecule has 1 atom stereocenters. The number of nitrogens with zero attached hydrogens (tertiary/aromatic N) is 3. The topological polar surface area (TPSA) is 29.0 Å². The minimum atomic E-state index is 0.685. The van der Waals surface area contributed by atoms with Gasteiger partial charge in [0.2, 0.25) is 0 Å². The molecule has 16 heavy (non-hydrogen) atoms. The lowest BCUT2D eigenvalue weighted by Gasteiger charge is -2.28. The van der Waals surface area contributed by atoms with Gasteiger partial charge in [0.15, 0.2) is 0 Å². The van der Waals surface area contributed by atoms with Crippen molar-refractivity contribution in [3.8, 4) is 0 Å². The minimum absolute atomic E-state index is 0.685. The third kappa shape index (κ3) is 2.24. The van der Waals surface area contributed by atoms with Gasteiger partial charge in [-0.15, -0.1) is 5.10 Å². The molecule has 0 radical (unpaired) electrons. The maximum absolute atomic E-state index is 6.08. The van der Waals surface area contributed by atoms with Crippen LogP contribution in [0.15, 0.2) is 0 Å². The average molecular weight is 258 g/mol. The first kappa shape index (κ1) is 10.9. The molecule has 1 aromatic heterocycles. The Morgan fingerprint density at radius 2 is 2.19 bits per heavy atom. The zero-order valence-electron chi connectivity index (χ0n) is 9.40. The van der Waals surface area contributed by atoms with E-state index in [4.69, 9.17) is 11.6 Å². The van der Waals surface area contributed by atoms with Gasteiger partial charge in [0.05, 0.1) is 0 Å². The van der Waals surface area contributed by atoms with Gasteiger partial charge in [-0.1, -0.05) is 16.1 Å². The first-order valence-corrected chi connectivity index (χ1v) is 7.13. The lowest BCUT2D eigenvalue weighted by atomic mass is 10.1. The fourth-order valence-corrected chi connectivity index (χ4v) is 2.94. The summed E-state index contributed by atoms with van der Waals surface area (Å²) in [5.74, 6) is 0.908. The van der Waals surface area contributed by atoms with Crippen LogP contribution in [-0.4, -0.2) is 26.6 Å². The molecule has 0 amide bonds. The van der Waals surface area contributed by atoms with Gasteiger partial charge in [0, 0.05) is 30.2 Å². The van der Waals surface area contributed by atoms with E-state index in [0.717, 1.165) is 28.5 Å². The summed E-state index contributed by atoms with van der Waals surface area (Å²) in [6.45, 7) is 3.24. The van der Waals surface area contributed by atoms with E-state index in [-0.39, 0.29) is 0 Å². The molecule has 2 aliphatic carbocycles. The molecule has 2 saturated carbocycles. The highest BCUT2D eigenvalue weighted by atomic mass is 35.5. The highest BCUT2D eigenvalue weighted by Gasteiger charge is 2.39. The quantitative estimate of drug-likeness (QED) is 0.812. The zero-order chi connectivity index (χ0) is 11.1. The maximum atomic E-state index is 6.08. The van der Waals surface area contributed by atoms with Crippen LogP contribution >= 0.6 is 23.1 Å². The molecule has 2 aliphatic rings. The van der Waals surface area contributed by atoms with Crippen molar-refractivity contribution in [3.63, 3.8) is 0 Å². The van der Waals surface area contributed by atoms with E-state index in [0.29, 0.717) is 6.04 Å². The monoisotopic (exact) mass is 257 g/mol. The molecule has 0 spiro atoms. The van der Waals surface area contributed by atoms with Crippen LogP contribution in [0.2, 0.25) is 4.34 Å². The molecule has 2 fully saturated rings. The predicted octanol–water partition coefficient (Wildman–Crippen LogP) is 2.95. The third-order valence-electron chi connectivity index (χ3n) is 3.68. The van der Waals surface area contributed by atoms with Gasteiger partial charge in [-0.25, -0.2) is 0 Å². The maximum Gasteiger partial charge on any atom is 0.138 e. The summed E-state index contributed by atoms with van der Waals surface area (Å²) in [4.78, 5) is 2.58. The van der Waals surface area contributed by atoms with Crippen LogP contribution in [0.4, 0.5) is 0 Å². The summed E-state index contributed by atoms with van der Waals surface area (Å²) in [7, 11) is 0. The Labute approximate surface area is 105 Å². The largest absolute Gasteiger partial charge is 0.291 e. The van der Waals surface area contributed by atoms with E-state index >= 15 is 0 Å². The lowest BCUT2D eigenvalue weighted by molar-refractivity contribution is 0.168. The standard InChI is InChI=1S/C11H16ClN3S/c1-7(8-2-3-8)15(9-4-5-9)6-10-11(12)16-14-13-10/h7-9H,2-6H2,1H3. The van der Waals surface area contributed by atoms with E-state index < -0.39 is 0 Å². The second-order valence-electron chi connectivity index (χ2n) is 4.97. The van der Waals surface area contributed by atoms with Crippen molar-refractivity contribution in [1.82, 2.24) is 14.5 Å². The third-order valence-corrected chi connectivity index (χ3v) is 4.67. The molecule has 1 heterocycles. The van der Waals surface area contributed by atoms with E-state index in [9.17, 15) is 0 Å². The fraction of sp³-hybridized carbons (Fsp3) is 0.818. The molecule has 0 aliphatic heterocycles. The first-order chi connectivity index (χ1) is 7.75. The van der Waals surface area contributed by atoms with Crippen LogP contribution in [0.5, 0.6) is 0 Å². The van der Waals surface area contributed by atoms with Crippen LogP contribution < -0.4 is 0 Å². The number of hydrogen-bond donors (Lipinski definition) is 0. The van der Waals surface area contributed by atoms with Crippen molar-refractivity contribution in [3.05, 3.63) is 10.0 Å². The Morgan fingerprint density at radius 1 is 1.44 bits per heavy atom. The number of hydrogen-bond acceptors (Lipinski definition) is 4. The Kier molecular flexibility index (Phi) is 2.90. The normalized spacial score (nSPS) is 22.7. The number of rotatable bonds is 5. The summed E-state index contributed by atoms with van der Waals surface area (Å²) in [6, 6.07) is 1.46. The van der Waals surface area contributed by atoms with Crippen LogP contribution in [0, 0.1) is 5.92 Å². The van der Waals surface area contributed by atoms with E-state index in [1.807, 2.05) is 0 Å². The van der Waals surface area contributed by atoms with Gasteiger partial charge in [-0.05, 0) is 38.5 Å². The van der Waals surface area contributed by atoms with Crippen LogP contribution in [-0.2, 0) is 6.54 Å². The van der Waals surface area contributed by atoms with E-state index in [1.165, 1.54) is 37.2 Å². The van der Waals surface area contributed by atoms with Crippen molar-refractivity contribution in [2.24, 2.45) is 5.92 Å². The summed E-state index contributed by atoms with van der Waals surface area (Å²) in [6.07, 6.45) is 5.47. The van der Waals surface area contributed by atoms with Crippen LogP contribution in [0.3, 0.4) is 0 Å². The molecule has 0 N–H and O–H groups in total. The van der Waals surface area contributed by atoms with Gasteiger partial charge in [0.1, 0.15) is 10.0 Å². The predicted molar refractivity (Wildman–Crippen MR) is 65.7 cm³/mol. The minimum Gasteiger partial charge on any atom is -0.291 e. The molecule has 1 aromatic rings. The molecule has 3 nitrogen and oxygen atoms in total. The Balaban J connectivity index is 1.71. The van der Waals surface area contributed by atoms with E-state index in [1.54, 1.807) is 0 Å². The molecule has 88 valence electrons. The molecule has 0 bridgehead atoms. The lowest BCUT2D eigenvalue weighted by Crippen LogP contribution is -2.36. The fourth-order valence-electron chi connectivity index (χ4n) is 2.33. The molecule has 3 rings (SSSR count). The molecule has 5 heteroatoms. The Hall–Kier alpha value is -0.190. The van der Waals surface area contributed by atoms with Crippen molar-refractivity contribution in [1.29, 1.82) is 0 Å². The van der Waals surface area contributed by atoms with E-state index in [2.05, 4.69) is 21.4 Å². The second-order valence-corrected chi connectivity index (χ2v) is 6.33. The summed E-state index contributed by atoms with van der Waals surface area (Å²) < 4.78 is 4.67. The Bertz CT molecular complexity index is 373. The van der Waals surface area contributed by atoms with Crippen molar-refractivity contribution in [2.45, 2.75) is 51.2 Å². The van der Waals surface area contributed by atoms with Crippen LogP contribution in [0.1, 0.15) is 38.3 Å². The van der Waals surface area contributed by atoms with Crippen molar-refractivity contribution < 1.29 is 0 Å².